The van der Waals surface area contributed by atoms with Gasteiger partial charge in [0.25, 0.3) is 11.1 Å². The summed E-state index contributed by atoms with van der Waals surface area (Å²) in [6, 6.07) is 18.1. The van der Waals surface area contributed by atoms with Crippen LogP contribution >= 0.6 is 11.6 Å². The fourth-order valence-electron chi connectivity index (χ4n) is 4.17. The van der Waals surface area contributed by atoms with Crippen LogP contribution in [0.1, 0.15) is 28.7 Å². The van der Waals surface area contributed by atoms with Crippen molar-refractivity contribution >= 4 is 23.2 Å². The molecule has 2 heterocycles. The first kappa shape index (κ1) is 29.2. The molecule has 210 valence electrons. The molecule has 0 spiro atoms. The van der Waals surface area contributed by atoms with E-state index >= 15 is 0 Å². The Balaban J connectivity index is 1.54. The third kappa shape index (κ3) is 7.04. The molecule has 1 N–H and O–H groups in total. The topological polar surface area (TPSA) is 104 Å². The summed E-state index contributed by atoms with van der Waals surface area (Å²) in [6.07, 6.45) is 2.31. The second kappa shape index (κ2) is 13.0. The Morgan fingerprint density at radius 2 is 1.80 bits per heavy atom. The molecule has 0 unspecified atom stereocenters. The molecule has 0 radical (unpaired) electrons. The number of benzene rings is 2. The van der Waals surface area contributed by atoms with E-state index in [0.29, 0.717) is 17.7 Å². The van der Waals surface area contributed by atoms with Crippen LogP contribution in [0.25, 0.3) is 0 Å². The van der Waals surface area contributed by atoms with Crippen molar-refractivity contribution in [2.45, 2.75) is 32.9 Å². The van der Waals surface area contributed by atoms with Crippen LogP contribution < -0.4 is 26.9 Å². The number of nitrogens with zero attached hydrogens (tertiary/aromatic N) is 3. The van der Waals surface area contributed by atoms with Gasteiger partial charge in [-0.15, -0.1) is 0 Å². The monoisotopic (exact) mass is 572 g/mol. The molecule has 9 nitrogen and oxygen atoms in total. The second-order valence-electron chi connectivity index (χ2n) is 9.43. The number of aryl methyl sites for hydroxylation is 2. The Morgan fingerprint density at radius 3 is 2.51 bits per heavy atom. The number of hydrogen-bond donors (Lipinski definition) is 1. The molecule has 2 aromatic heterocycles. The number of ether oxygens (including phenoxy) is 1. The molecule has 0 atom stereocenters. The number of carbonyl (C=O) groups excluding carboxylic acids is 1. The van der Waals surface area contributed by atoms with Gasteiger partial charge in [0, 0.05) is 36.9 Å². The molecule has 0 bridgehead atoms. The molecule has 4 rings (SSSR count). The van der Waals surface area contributed by atoms with Crippen LogP contribution in [0.4, 0.5) is 5.69 Å². The van der Waals surface area contributed by atoms with Crippen molar-refractivity contribution in [3.63, 3.8) is 0 Å². The standard InChI is InChI=1S/C31H29ClN4O5/c1-21-9-11-22(12-10-21)14-16-26(37)33-28-29(32)36(31(40)34(2)30(28)39)18-6-7-23-13-15-25(41-3)24(19-23)20-35-17-5-4-8-27(35)38/h4-5,8-13,15,17,19H,14,16,18,20H2,1-3H3,(H,33,37). The smallest absolute Gasteiger partial charge is 0.332 e. The van der Waals surface area contributed by atoms with Crippen molar-refractivity contribution in [1.82, 2.24) is 13.7 Å². The first-order valence-corrected chi connectivity index (χ1v) is 13.2. The van der Waals surface area contributed by atoms with Crippen LogP contribution in [0.15, 0.2) is 81.2 Å². The maximum Gasteiger partial charge on any atom is 0.332 e. The van der Waals surface area contributed by atoms with E-state index in [1.165, 1.54) is 13.1 Å². The predicted molar refractivity (Wildman–Crippen MR) is 159 cm³/mol. The molecule has 4 aromatic rings. The summed E-state index contributed by atoms with van der Waals surface area (Å²) in [7, 11) is 2.86. The zero-order valence-corrected chi connectivity index (χ0v) is 23.7. The van der Waals surface area contributed by atoms with E-state index in [2.05, 4.69) is 17.2 Å². The maximum atomic E-state index is 12.8. The zero-order chi connectivity index (χ0) is 29.5. The lowest BCUT2D eigenvalue weighted by Gasteiger charge is -2.13. The lowest BCUT2D eigenvalue weighted by atomic mass is 10.1. The van der Waals surface area contributed by atoms with E-state index in [1.54, 1.807) is 48.2 Å². The molecule has 0 aliphatic rings. The van der Waals surface area contributed by atoms with Crippen molar-refractivity contribution in [3.05, 3.63) is 125 Å². The molecule has 2 aromatic carbocycles. The second-order valence-corrected chi connectivity index (χ2v) is 9.79. The molecule has 41 heavy (non-hydrogen) atoms. The number of anilines is 1. The number of aromatic nitrogens is 3. The molecule has 0 saturated heterocycles. The summed E-state index contributed by atoms with van der Waals surface area (Å²) in [6.45, 7) is 2.15. The van der Waals surface area contributed by atoms with Crippen LogP contribution in [0, 0.1) is 18.8 Å². The van der Waals surface area contributed by atoms with E-state index in [1.807, 2.05) is 31.2 Å². The minimum Gasteiger partial charge on any atom is -0.496 e. The number of hydrogen-bond acceptors (Lipinski definition) is 5. The summed E-state index contributed by atoms with van der Waals surface area (Å²) < 4.78 is 9.00. The molecular formula is C31H29ClN4O5. The number of amides is 1. The minimum absolute atomic E-state index is 0.127. The molecule has 10 heteroatoms. The Morgan fingerprint density at radius 1 is 1.05 bits per heavy atom. The molecular weight excluding hydrogens is 544 g/mol. The van der Waals surface area contributed by atoms with E-state index in [9.17, 15) is 19.2 Å². The highest BCUT2D eigenvalue weighted by Crippen LogP contribution is 2.21. The van der Waals surface area contributed by atoms with E-state index in [-0.39, 0.29) is 35.9 Å². The normalized spacial score (nSPS) is 10.5. The van der Waals surface area contributed by atoms with Gasteiger partial charge in [0.1, 0.15) is 16.6 Å². The molecule has 0 saturated carbocycles. The Labute approximate surface area is 241 Å². The van der Waals surface area contributed by atoms with Gasteiger partial charge in [-0.1, -0.05) is 59.3 Å². The highest BCUT2D eigenvalue weighted by atomic mass is 35.5. The zero-order valence-electron chi connectivity index (χ0n) is 22.9. The highest BCUT2D eigenvalue weighted by molar-refractivity contribution is 6.32. The number of halogens is 1. The van der Waals surface area contributed by atoms with Gasteiger partial charge in [-0.3, -0.25) is 23.5 Å². The Kier molecular flexibility index (Phi) is 9.27. The van der Waals surface area contributed by atoms with Crippen LogP contribution in [-0.4, -0.2) is 26.7 Å². The summed E-state index contributed by atoms with van der Waals surface area (Å²) in [5.41, 5.74) is 1.80. The third-order valence-corrected chi connectivity index (χ3v) is 6.89. The SMILES string of the molecule is COc1ccc(C#CCn2c(Cl)c(NC(=O)CCc3ccc(C)cc3)c(=O)n(C)c2=O)cc1Cn1ccccc1=O. The van der Waals surface area contributed by atoms with Gasteiger partial charge in [0.05, 0.1) is 20.2 Å². The summed E-state index contributed by atoms with van der Waals surface area (Å²) in [4.78, 5) is 50.4. The van der Waals surface area contributed by atoms with Crippen molar-refractivity contribution < 1.29 is 9.53 Å². The van der Waals surface area contributed by atoms with E-state index < -0.39 is 17.2 Å². The number of methoxy groups -OCH3 is 1. The van der Waals surface area contributed by atoms with Crippen molar-refractivity contribution in [1.29, 1.82) is 0 Å². The van der Waals surface area contributed by atoms with Crippen molar-refractivity contribution in [2.24, 2.45) is 7.05 Å². The first-order valence-electron chi connectivity index (χ1n) is 12.8. The lowest BCUT2D eigenvalue weighted by molar-refractivity contribution is -0.116. The third-order valence-electron chi connectivity index (χ3n) is 6.50. The quantitative estimate of drug-likeness (QED) is 0.258. The number of rotatable bonds is 8. The fourth-order valence-corrected chi connectivity index (χ4v) is 4.43. The summed E-state index contributed by atoms with van der Waals surface area (Å²) in [5, 5.41) is 2.37. The van der Waals surface area contributed by atoms with Crippen LogP contribution in [-0.2, 0) is 31.4 Å². The van der Waals surface area contributed by atoms with Crippen molar-refractivity contribution in [3.8, 4) is 17.6 Å². The Bertz CT molecular complexity index is 1830. The highest BCUT2D eigenvalue weighted by Gasteiger charge is 2.18. The first-order chi connectivity index (χ1) is 19.7. The van der Waals surface area contributed by atoms with Gasteiger partial charge in [-0.25, -0.2) is 4.79 Å². The minimum atomic E-state index is -0.705. The van der Waals surface area contributed by atoms with E-state index in [4.69, 9.17) is 16.3 Å². The van der Waals surface area contributed by atoms with Gasteiger partial charge in [-0.2, -0.15) is 0 Å². The van der Waals surface area contributed by atoms with Crippen LogP contribution in [0.3, 0.4) is 0 Å². The average molecular weight is 573 g/mol. The van der Waals surface area contributed by atoms with Crippen LogP contribution in [0.2, 0.25) is 5.15 Å². The molecule has 0 fully saturated rings. The summed E-state index contributed by atoms with van der Waals surface area (Å²) in [5.74, 6) is 6.10. The van der Waals surface area contributed by atoms with E-state index in [0.717, 1.165) is 25.8 Å². The molecule has 1 amide bonds. The number of nitrogens with one attached hydrogen (secondary N) is 1. The fraction of sp³-hybridized carbons (Fsp3) is 0.226. The summed E-state index contributed by atoms with van der Waals surface area (Å²) >= 11 is 6.44. The van der Waals surface area contributed by atoms with Crippen LogP contribution in [0.5, 0.6) is 5.75 Å². The Hall–Kier alpha value is -4.81. The molecule has 0 aliphatic heterocycles. The number of pyridine rings is 1. The lowest BCUT2D eigenvalue weighted by Crippen LogP contribution is -2.40. The van der Waals surface area contributed by atoms with Gasteiger partial charge >= 0.3 is 5.69 Å². The number of carbonyl (C=O) groups is 1. The van der Waals surface area contributed by atoms with Gasteiger partial charge in [0.2, 0.25) is 5.91 Å². The average Bonchev–Trinajstić information content (AvgIpc) is 2.97. The predicted octanol–water partition coefficient (Wildman–Crippen LogP) is 3.35. The van der Waals surface area contributed by atoms with Gasteiger partial charge < -0.3 is 14.6 Å². The van der Waals surface area contributed by atoms with Gasteiger partial charge in [0.15, 0.2) is 0 Å². The molecule has 0 aliphatic carbocycles. The van der Waals surface area contributed by atoms with Crippen molar-refractivity contribution in [2.75, 3.05) is 12.4 Å². The maximum absolute atomic E-state index is 12.8. The van der Waals surface area contributed by atoms with Gasteiger partial charge in [-0.05, 0) is 43.2 Å². The largest absolute Gasteiger partial charge is 0.496 e.